The van der Waals surface area contributed by atoms with Crippen LogP contribution in [0.1, 0.15) is 53.3 Å². The Hall–Kier alpha value is -3.82. The molecule has 0 spiro atoms. The van der Waals surface area contributed by atoms with E-state index in [1.807, 2.05) is 11.8 Å². The van der Waals surface area contributed by atoms with Crippen LogP contribution in [0.4, 0.5) is 21.6 Å². The van der Waals surface area contributed by atoms with Crippen LogP contribution >= 0.6 is 0 Å². The van der Waals surface area contributed by atoms with E-state index in [1.54, 1.807) is 30.5 Å². The largest absolute Gasteiger partial charge is 0.352 e. The summed E-state index contributed by atoms with van der Waals surface area (Å²) in [6.07, 6.45) is 2.47. The van der Waals surface area contributed by atoms with Gasteiger partial charge in [-0.1, -0.05) is 6.07 Å². The number of fused-ring (bicyclic) bond motifs is 5. The molecular weight excluding hydrogens is 439 g/mol. The van der Waals surface area contributed by atoms with Crippen molar-refractivity contribution in [2.75, 3.05) is 28.2 Å². The minimum absolute atomic E-state index is 0.105. The molecule has 3 amide bonds. The Kier molecular flexibility index (Phi) is 5.72. The minimum Gasteiger partial charge on any atom is -0.352 e. The zero-order chi connectivity index (χ0) is 23.8. The number of hydrogen-bond acceptors (Lipinski definition) is 6. The molecule has 34 heavy (non-hydrogen) atoms. The van der Waals surface area contributed by atoms with Crippen LogP contribution < -0.4 is 20.4 Å². The molecule has 2 bridgehead atoms. The predicted octanol–water partition coefficient (Wildman–Crippen LogP) is 2.89. The van der Waals surface area contributed by atoms with Gasteiger partial charge in [0, 0.05) is 42.9 Å². The van der Waals surface area contributed by atoms with Crippen LogP contribution in [-0.4, -0.2) is 54.0 Å². The number of halogens is 1. The molecule has 1 aromatic heterocycles. The van der Waals surface area contributed by atoms with Crippen molar-refractivity contribution in [3.8, 4) is 0 Å². The number of carbonyl (C=O) groups is 3. The van der Waals surface area contributed by atoms with Crippen LogP contribution in [-0.2, 0) is 4.79 Å². The summed E-state index contributed by atoms with van der Waals surface area (Å²) in [6.45, 7) is 2.76. The minimum atomic E-state index is -1.54. The third-order valence-electron chi connectivity index (χ3n) is 6.37. The first-order valence-corrected chi connectivity index (χ1v) is 11.5. The monoisotopic (exact) mass is 464 g/mol. The summed E-state index contributed by atoms with van der Waals surface area (Å²) in [6, 6.07) is 8.10. The van der Waals surface area contributed by atoms with E-state index < -0.39 is 18.0 Å². The lowest BCUT2D eigenvalue weighted by Gasteiger charge is -2.29. The number of alkyl halides is 1. The van der Waals surface area contributed by atoms with E-state index in [0.717, 1.165) is 19.3 Å². The molecule has 2 atom stereocenters. The Morgan fingerprint density at radius 2 is 1.91 bits per heavy atom. The van der Waals surface area contributed by atoms with Gasteiger partial charge in [-0.05, 0) is 50.5 Å². The second-order valence-corrected chi connectivity index (χ2v) is 8.69. The quantitative estimate of drug-likeness (QED) is 0.672. The molecule has 1 fully saturated rings. The molecule has 1 saturated heterocycles. The van der Waals surface area contributed by atoms with Gasteiger partial charge >= 0.3 is 0 Å². The SMILES string of the molecule is C[C@H]1CCCCNC(=O)c2cccc(c2)C(=O)/N=C2\Nc3ccnc(N4CCC(F)C4=O)c3N21. The van der Waals surface area contributed by atoms with Gasteiger partial charge in [0.25, 0.3) is 17.7 Å². The second-order valence-electron chi connectivity index (χ2n) is 8.69. The van der Waals surface area contributed by atoms with Crippen LogP contribution in [0.3, 0.4) is 0 Å². The Bertz CT molecular complexity index is 1200. The van der Waals surface area contributed by atoms with Crippen molar-refractivity contribution in [1.29, 1.82) is 0 Å². The van der Waals surface area contributed by atoms with Crippen molar-refractivity contribution in [2.24, 2.45) is 4.99 Å². The number of nitrogens with one attached hydrogen (secondary N) is 2. The lowest BCUT2D eigenvalue weighted by molar-refractivity contribution is -0.121. The highest BCUT2D eigenvalue weighted by Gasteiger charge is 2.40. The lowest BCUT2D eigenvalue weighted by Crippen LogP contribution is -2.40. The van der Waals surface area contributed by atoms with Crippen LogP contribution in [0.15, 0.2) is 41.5 Å². The zero-order valence-electron chi connectivity index (χ0n) is 18.8. The number of pyridine rings is 1. The summed E-state index contributed by atoms with van der Waals surface area (Å²) in [5, 5.41) is 6.08. The van der Waals surface area contributed by atoms with Gasteiger partial charge in [-0.25, -0.2) is 9.37 Å². The third kappa shape index (κ3) is 3.89. The summed E-state index contributed by atoms with van der Waals surface area (Å²) in [4.78, 5) is 50.0. The number of nitrogens with zero attached hydrogens (tertiary/aromatic N) is 4. The second kappa shape index (κ2) is 8.85. The highest BCUT2D eigenvalue weighted by Crippen LogP contribution is 2.42. The predicted molar refractivity (Wildman–Crippen MR) is 126 cm³/mol. The number of hydrogen-bond donors (Lipinski definition) is 2. The molecule has 2 N–H and O–H groups in total. The maximum Gasteiger partial charge on any atom is 0.280 e. The highest BCUT2D eigenvalue weighted by molar-refractivity contribution is 6.22. The van der Waals surface area contributed by atoms with Crippen molar-refractivity contribution < 1.29 is 18.8 Å². The Balaban J connectivity index is 1.59. The van der Waals surface area contributed by atoms with Gasteiger partial charge in [-0.15, -0.1) is 0 Å². The molecule has 1 unspecified atom stereocenters. The number of amides is 3. The summed E-state index contributed by atoms with van der Waals surface area (Å²) >= 11 is 0. The van der Waals surface area contributed by atoms with E-state index in [4.69, 9.17) is 0 Å². The van der Waals surface area contributed by atoms with Crippen LogP contribution in [0, 0.1) is 0 Å². The van der Waals surface area contributed by atoms with Crippen molar-refractivity contribution in [2.45, 2.75) is 44.8 Å². The van der Waals surface area contributed by atoms with E-state index in [1.165, 1.54) is 11.0 Å². The zero-order valence-corrected chi connectivity index (χ0v) is 18.8. The van der Waals surface area contributed by atoms with Gasteiger partial charge in [-0.2, -0.15) is 4.99 Å². The van der Waals surface area contributed by atoms with Crippen molar-refractivity contribution in [1.82, 2.24) is 10.3 Å². The van der Waals surface area contributed by atoms with Crippen LogP contribution in [0.2, 0.25) is 0 Å². The average Bonchev–Trinajstić information content (AvgIpc) is 3.37. The molecule has 2 aromatic rings. The Labute approximate surface area is 196 Å². The van der Waals surface area contributed by atoms with Gasteiger partial charge in [0.2, 0.25) is 5.96 Å². The summed E-state index contributed by atoms with van der Waals surface area (Å²) in [5.74, 6) is -0.663. The third-order valence-corrected chi connectivity index (χ3v) is 6.37. The molecule has 0 aliphatic carbocycles. The number of benzene rings is 1. The molecule has 176 valence electrons. The van der Waals surface area contributed by atoms with Gasteiger partial charge in [0.1, 0.15) is 5.69 Å². The molecular formula is C24H25FN6O3. The van der Waals surface area contributed by atoms with Gasteiger partial charge in [-0.3, -0.25) is 19.3 Å². The lowest BCUT2D eigenvalue weighted by atomic mass is 10.1. The van der Waals surface area contributed by atoms with E-state index in [-0.39, 0.29) is 30.5 Å². The number of aliphatic imine (C=N–C) groups is 1. The maximum absolute atomic E-state index is 14.0. The first-order valence-electron chi connectivity index (χ1n) is 11.5. The highest BCUT2D eigenvalue weighted by atomic mass is 19.1. The topological polar surface area (TPSA) is 107 Å². The number of aromatic nitrogens is 1. The maximum atomic E-state index is 14.0. The van der Waals surface area contributed by atoms with Crippen molar-refractivity contribution in [3.63, 3.8) is 0 Å². The molecule has 3 aliphatic rings. The van der Waals surface area contributed by atoms with Gasteiger partial charge in [0.05, 0.1) is 5.69 Å². The van der Waals surface area contributed by atoms with E-state index in [2.05, 4.69) is 20.6 Å². The average molecular weight is 465 g/mol. The van der Waals surface area contributed by atoms with Crippen molar-refractivity contribution in [3.05, 3.63) is 47.7 Å². The molecule has 9 nitrogen and oxygen atoms in total. The van der Waals surface area contributed by atoms with Crippen LogP contribution in [0.25, 0.3) is 0 Å². The van der Waals surface area contributed by atoms with Gasteiger partial charge < -0.3 is 15.5 Å². The van der Waals surface area contributed by atoms with E-state index in [0.29, 0.717) is 35.3 Å². The number of guanidine groups is 1. The summed E-state index contributed by atoms with van der Waals surface area (Å²) < 4.78 is 14.0. The molecule has 0 radical (unpaired) electrons. The molecule has 5 rings (SSSR count). The fraction of sp³-hybridized carbons (Fsp3) is 0.375. The fourth-order valence-electron chi connectivity index (χ4n) is 4.58. The smallest absolute Gasteiger partial charge is 0.280 e. The first kappa shape index (κ1) is 22.0. The van der Waals surface area contributed by atoms with E-state index >= 15 is 0 Å². The standard InChI is InChI=1S/C24H25FN6O3/c1-14-5-2-3-10-27-21(32)15-6-4-7-16(13-15)22(33)29-24-28-18-8-11-26-20(19(18)31(14)24)30-12-9-17(25)23(30)34/h4,6-8,11,13-14,17H,2-3,5,9-10,12H2,1H3,(H,27,32)(H,28,29,33)/t14-,17?/m0/s1. The first-order chi connectivity index (χ1) is 16.4. The normalized spacial score (nSPS) is 24.5. The Morgan fingerprint density at radius 1 is 1.09 bits per heavy atom. The van der Waals surface area contributed by atoms with Gasteiger partial charge in [0.15, 0.2) is 12.0 Å². The summed E-state index contributed by atoms with van der Waals surface area (Å²) in [5.41, 5.74) is 1.94. The van der Waals surface area contributed by atoms with Crippen molar-refractivity contribution >= 4 is 40.9 Å². The molecule has 0 saturated carbocycles. The number of anilines is 3. The van der Waals surface area contributed by atoms with E-state index in [9.17, 15) is 18.8 Å². The van der Waals surface area contributed by atoms with Crippen LogP contribution in [0.5, 0.6) is 0 Å². The fourth-order valence-corrected chi connectivity index (χ4v) is 4.58. The molecule has 1 aromatic carbocycles. The molecule has 10 heteroatoms. The molecule has 3 aliphatic heterocycles. The summed E-state index contributed by atoms with van der Waals surface area (Å²) in [7, 11) is 0. The number of rotatable bonds is 1. The Morgan fingerprint density at radius 3 is 2.71 bits per heavy atom. The number of carbonyl (C=O) groups excluding carboxylic acids is 3. The molecule has 4 heterocycles.